The van der Waals surface area contributed by atoms with Crippen molar-refractivity contribution in [3.8, 4) is 0 Å². The molecule has 1 aromatic rings. The monoisotopic (exact) mass is 296 g/mol. The van der Waals surface area contributed by atoms with Gasteiger partial charge in [-0.2, -0.15) is 0 Å². The van der Waals surface area contributed by atoms with Crippen molar-refractivity contribution in [2.75, 3.05) is 31.9 Å². The number of hydrogen-bond donors (Lipinski definition) is 2. The zero-order valence-corrected chi connectivity index (χ0v) is 11.5. The van der Waals surface area contributed by atoms with E-state index in [1.807, 2.05) is 0 Å². The average molecular weight is 296 g/mol. The van der Waals surface area contributed by atoms with Gasteiger partial charge in [-0.1, -0.05) is 0 Å². The second-order valence-electron chi connectivity index (χ2n) is 4.92. The fraction of sp³-hybridized carbons (Fsp3) is 0.462. The van der Waals surface area contributed by atoms with Crippen LogP contribution in [0.4, 0.5) is 15.8 Å². The number of amides is 1. The zero-order valence-electron chi connectivity index (χ0n) is 11.5. The number of benzene rings is 1. The lowest BCUT2D eigenvalue weighted by Crippen LogP contribution is -2.34. The second kappa shape index (κ2) is 6.49. The predicted molar refractivity (Wildman–Crippen MR) is 75.5 cm³/mol. The highest BCUT2D eigenvalue weighted by Gasteiger charge is 2.23. The summed E-state index contributed by atoms with van der Waals surface area (Å²) in [5.41, 5.74) is 4.14. The molecule has 0 saturated carbocycles. The van der Waals surface area contributed by atoms with Gasteiger partial charge in [-0.3, -0.25) is 14.9 Å². The third kappa shape index (κ3) is 3.46. The van der Waals surface area contributed by atoms with Gasteiger partial charge in [0.25, 0.3) is 11.6 Å². The maximum atomic E-state index is 13.7. The summed E-state index contributed by atoms with van der Waals surface area (Å²) in [5.74, 6) is -1.59. The summed E-state index contributed by atoms with van der Waals surface area (Å²) in [6.07, 6.45) is 2.28. The Morgan fingerprint density at radius 1 is 1.43 bits per heavy atom. The number of hydrogen-bond acceptors (Lipinski definition) is 5. The van der Waals surface area contributed by atoms with Crippen LogP contribution in [0.2, 0.25) is 0 Å². The Morgan fingerprint density at radius 3 is 2.71 bits per heavy atom. The molecule has 1 aromatic carbocycles. The number of nitrogen functional groups attached to an aromatic ring is 1. The first-order valence-electron chi connectivity index (χ1n) is 6.73. The first kappa shape index (κ1) is 15.2. The maximum Gasteiger partial charge on any atom is 0.293 e. The van der Waals surface area contributed by atoms with E-state index in [4.69, 9.17) is 5.73 Å². The number of carbonyl (C=O) groups is 1. The summed E-state index contributed by atoms with van der Waals surface area (Å²) >= 11 is 0. The van der Waals surface area contributed by atoms with Crippen molar-refractivity contribution in [1.82, 2.24) is 10.2 Å². The van der Waals surface area contributed by atoms with Crippen molar-refractivity contribution >= 4 is 17.3 Å². The Morgan fingerprint density at radius 2 is 2.10 bits per heavy atom. The normalized spacial score (nSPS) is 15.1. The zero-order chi connectivity index (χ0) is 15.4. The molecule has 0 atom stereocenters. The van der Waals surface area contributed by atoms with Crippen LogP contribution in [-0.4, -0.2) is 41.9 Å². The number of carbonyl (C=O) groups excluding carboxylic acids is 1. The SMILES string of the molecule is Nc1c([N+](=O)[O-])ccc(F)c1C(=O)NCCN1CCCC1. The molecule has 3 N–H and O–H groups in total. The molecule has 114 valence electrons. The number of anilines is 1. The first-order chi connectivity index (χ1) is 10.0. The van der Waals surface area contributed by atoms with Gasteiger partial charge in [0.1, 0.15) is 17.1 Å². The van der Waals surface area contributed by atoms with Crippen LogP contribution in [0.15, 0.2) is 12.1 Å². The lowest BCUT2D eigenvalue weighted by atomic mass is 10.1. The number of likely N-dealkylation sites (tertiary alicyclic amines) is 1. The molecule has 1 aliphatic rings. The van der Waals surface area contributed by atoms with Gasteiger partial charge in [0.2, 0.25) is 0 Å². The van der Waals surface area contributed by atoms with Crippen molar-refractivity contribution < 1.29 is 14.1 Å². The van der Waals surface area contributed by atoms with Crippen molar-refractivity contribution in [1.29, 1.82) is 0 Å². The fourth-order valence-electron chi connectivity index (χ4n) is 2.39. The standard InChI is InChI=1S/C13H17FN4O3/c14-9-3-4-10(18(20)21)12(15)11(9)13(19)16-5-8-17-6-1-2-7-17/h3-4H,1-2,5-8,15H2,(H,16,19). The fourth-order valence-corrected chi connectivity index (χ4v) is 2.39. The molecule has 0 aromatic heterocycles. The third-order valence-electron chi connectivity index (χ3n) is 3.51. The van der Waals surface area contributed by atoms with Crippen LogP contribution in [0.25, 0.3) is 0 Å². The summed E-state index contributed by atoms with van der Waals surface area (Å²) in [4.78, 5) is 24.2. The van der Waals surface area contributed by atoms with Crippen LogP contribution in [0.1, 0.15) is 23.2 Å². The van der Waals surface area contributed by atoms with E-state index in [1.165, 1.54) is 0 Å². The maximum absolute atomic E-state index is 13.7. The number of nitrogens with one attached hydrogen (secondary N) is 1. The van der Waals surface area contributed by atoms with Crippen molar-refractivity contribution in [3.63, 3.8) is 0 Å². The Bertz CT molecular complexity index is 559. The number of nitro benzene ring substituents is 1. The highest BCUT2D eigenvalue weighted by molar-refractivity contribution is 6.01. The molecule has 2 rings (SSSR count). The predicted octanol–water partition coefficient (Wildman–Crippen LogP) is 1.14. The van der Waals surface area contributed by atoms with Gasteiger partial charge in [-0.15, -0.1) is 0 Å². The molecule has 0 aliphatic carbocycles. The lowest BCUT2D eigenvalue weighted by molar-refractivity contribution is -0.384. The molecular weight excluding hydrogens is 279 g/mol. The number of nitrogens with zero attached hydrogens (tertiary/aromatic N) is 2. The van der Waals surface area contributed by atoms with E-state index < -0.39 is 33.6 Å². The van der Waals surface area contributed by atoms with E-state index in [1.54, 1.807) is 0 Å². The van der Waals surface area contributed by atoms with Crippen molar-refractivity contribution in [2.24, 2.45) is 0 Å². The summed E-state index contributed by atoms with van der Waals surface area (Å²) in [6, 6.07) is 1.83. The number of nitro groups is 1. The Hall–Kier alpha value is -2.22. The van der Waals surface area contributed by atoms with Gasteiger partial charge >= 0.3 is 0 Å². The molecule has 21 heavy (non-hydrogen) atoms. The summed E-state index contributed by atoms with van der Waals surface area (Å²) in [5, 5.41) is 13.3. The molecular formula is C13H17FN4O3. The first-order valence-corrected chi connectivity index (χ1v) is 6.73. The minimum atomic E-state index is -0.864. The van der Waals surface area contributed by atoms with Crippen LogP contribution in [0.3, 0.4) is 0 Å². The highest BCUT2D eigenvalue weighted by atomic mass is 19.1. The van der Waals surface area contributed by atoms with Crippen LogP contribution >= 0.6 is 0 Å². The molecule has 1 amide bonds. The van der Waals surface area contributed by atoms with E-state index in [-0.39, 0.29) is 0 Å². The van der Waals surface area contributed by atoms with Crippen LogP contribution in [0.5, 0.6) is 0 Å². The second-order valence-corrected chi connectivity index (χ2v) is 4.92. The molecule has 0 radical (unpaired) electrons. The Balaban J connectivity index is 2.04. The quantitative estimate of drug-likeness (QED) is 0.482. The minimum absolute atomic E-state index is 0.348. The molecule has 0 bridgehead atoms. The van der Waals surface area contributed by atoms with E-state index in [0.29, 0.717) is 13.1 Å². The van der Waals surface area contributed by atoms with Crippen LogP contribution < -0.4 is 11.1 Å². The number of nitrogens with two attached hydrogens (primary N) is 1. The van der Waals surface area contributed by atoms with E-state index in [9.17, 15) is 19.3 Å². The molecule has 1 aliphatic heterocycles. The summed E-state index contributed by atoms with van der Waals surface area (Å²) in [6.45, 7) is 2.99. The van der Waals surface area contributed by atoms with Gasteiger partial charge in [-0.25, -0.2) is 4.39 Å². The average Bonchev–Trinajstić information content (AvgIpc) is 2.91. The topological polar surface area (TPSA) is 101 Å². The van der Waals surface area contributed by atoms with Gasteiger partial charge in [-0.05, 0) is 32.0 Å². The summed E-state index contributed by atoms with van der Waals surface area (Å²) < 4.78 is 13.7. The molecule has 1 fully saturated rings. The molecule has 7 nitrogen and oxygen atoms in total. The number of halogens is 1. The van der Waals surface area contributed by atoms with Crippen LogP contribution in [-0.2, 0) is 0 Å². The summed E-state index contributed by atoms with van der Waals surface area (Å²) in [7, 11) is 0. The molecule has 0 unspecified atom stereocenters. The lowest BCUT2D eigenvalue weighted by Gasteiger charge is -2.15. The molecule has 1 heterocycles. The highest BCUT2D eigenvalue weighted by Crippen LogP contribution is 2.27. The van der Waals surface area contributed by atoms with Gasteiger partial charge in [0.15, 0.2) is 0 Å². The Kier molecular flexibility index (Phi) is 4.69. The largest absolute Gasteiger partial charge is 0.392 e. The third-order valence-corrected chi connectivity index (χ3v) is 3.51. The van der Waals surface area contributed by atoms with Crippen LogP contribution in [0, 0.1) is 15.9 Å². The van der Waals surface area contributed by atoms with Gasteiger partial charge in [0.05, 0.1) is 4.92 Å². The molecule has 8 heteroatoms. The van der Waals surface area contributed by atoms with E-state index in [0.717, 1.165) is 38.1 Å². The van der Waals surface area contributed by atoms with Gasteiger partial charge < -0.3 is 16.0 Å². The van der Waals surface area contributed by atoms with Gasteiger partial charge in [0, 0.05) is 19.2 Å². The smallest absolute Gasteiger partial charge is 0.293 e. The molecule has 0 spiro atoms. The van der Waals surface area contributed by atoms with E-state index in [2.05, 4.69) is 10.2 Å². The van der Waals surface area contributed by atoms with E-state index >= 15 is 0 Å². The van der Waals surface area contributed by atoms with Crippen molar-refractivity contribution in [2.45, 2.75) is 12.8 Å². The molecule has 1 saturated heterocycles. The Labute approximate surface area is 121 Å². The number of rotatable bonds is 5. The van der Waals surface area contributed by atoms with Crippen molar-refractivity contribution in [3.05, 3.63) is 33.6 Å². The minimum Gasteiger partial charge on any atom is -0.392 e.